The van der Waals surface area contributed by atoms with E-state index in [4.69, 9.17) is 11.6 Å². The Labute approximate surface area is 249 Å². The molecule has 1 saturated heterocycles. The van der Waals surface area contributed by atoms with Crippen molar-refractivity contribution in [1.82, 2.24) is 10.3 Å². The number of aromatic nitrogens is 1. The fraction of sp³-hybridized carbons (Fsp3) is 0.267. The first-order chi connectivity index (χ1) is 20.5. The van der Waals surface area contributed by atoms with Crippen LogP contribution in [0.25, 0.3) is 0 Å². The van der Waals surface area contributed by atoms with Crippen molar-refractivity contribution in [3.63, 3.8) is 0 Å². The summed E-state index contributed by atoms with van der Waals surface area (Å²) in [5.41, 5.74) is -0.0717. The summed E-state index contributed by atoms with van der Waals surface area (Å²) in [6.07, 6.45) is 0.00564. The molecule has 0 unspecified atom stereocenters. The van der Waals surface area contributed by atoms with Crippen LogP contribution < -0.4 is 15.1 Å². The molecule has 1 saturated carbocycles. The van der Waals surface area contributed by atoms with Crippen molar-refractivity contribution in [2.24, 2.45) is 0 Å². The average Bonchev–Trinajstić information content (AvgIpc) is 3.35. The average molecular weight is 607 g/mol. The molecule has 2 aliphatic rings. The first-order valence-electron chi connectivity index (χ1n) is 13.2. The number of nitrogens with zero attached hydrogens (tertiary/aromatic N) is 5. The van der Waals surface area contributed by atoms with Gasteiger partial charge in [0.05, 0.1) is 23.3 Å². The van der Waals surface area contributed by atoms with Gasteiger partial charge in [-0.2, -0.15) is 10.5 Å². The van der Waals surface area contributed by atoms with Gasteiger partial charge in [-0.3, -0.25) is 24.2 Å². The van der Waals surface area contributed by atoms with Gasteiger partial charge in [-0.25, -0.2) is 18.2 Å². The SMILES string of the molecule is N#Cc1cc(F)cc(N(C(=O)[C@@H]2CCC(=O)N2c2cc(C#N)ccn2)[C@H](C(=O)NC2CC(F)(F)C2)c2ccccc2Cl)c1. The maximum atomic E-state index is 14.8. The fourth-order valence-corrected chi connectivity index (χ4v) is 5.54. The molecule has 1 aliphatic carbocycles. The van der Waals surface area contributed by atoms with Crippen LogP contribution in [-0.2, 0) is 14.4 Å². The maximum absolute atomic E-state index is 14.8. The molecular weight excluding hydrogens is 585 g/mol. The Bertz CT molecular complexity index is 1700. The van der Waals surface area contributed by atoms with E-state index >= 15 is 0 Å². The van der Waals surface area contributed by atoms with Gasteiger partial charge < -0.3 is 5.32 Å². The number of rotatable bonds is 7. The Morgan fingerprint density at radius 1 is 1.09 bits per heavy atom. The molecule has 0 spiro atoms. The molecule has 5 rings (SSSR count). The summed E-state index contributed by atoms with van der Waals surface area (Å²) in [4.78, 5) is 47.7. The molecule has 2 atom stereocenters. The molecule has 3 aromatic rings. The van der Waals surface area contributed by atoms with Crippen LogP contribution in [0.15, 0.2) is 60.8 Å². The number of carbonyl (C=O) groups excluding carboxylic acids is 3. The van der Waals surface area contributed by atoms with E-state index in [2.05, 4.69) is 10.3 Å². The summed E-state index contributed by atoms with van der Waals surface area (Å²) in [5.74, 6) is -6.01. The number of pyridine rings is 1. The van der Waals surface area contributed by atoms with Crippen LogP contribution in [0.3, 0.4) is 0 Å². The van der Waals surface area contributed by atoms with Crippen molar-refractivity contribution in [2.75, 3.05) is 9.80 Å². The zero-order valence-electron chi connectivity index (χ0n) is 22.3. The van der Waals surface area contributed by atoms with E-state index in [0.29, 0.717) is 0 Å². The van der Waals surface area contributed by atoms with E-state index in [1.54, 1.807) is 12.1 Å². The van der Waals surface area contributed by atoms with Crippen LogP contribution >= 0.6 is 11.6 Å². The van der Waals surface area contributed by atoms with Crippen molar-refractivity contribution in [1.29, 1.82) is 10.5 Å². The summed E-state index contributed by atoms with van der Waals surface area (Å²) in [5, 5.41) is 21.5. The topological polar surface area (TPSA) is 130 Å². The van der Waals surface area contributed by atoms with Crippen LogP contribution in [-0.4, -0.2) is 40.7 Å². The molecule has 1 aliphatic heterocycles. The predicted molar refractivity (Wildman–Crippen MR) is 148 cm³/mol. The first-order valence-corrected chi connectivity index (χ1v) is 13.5. The second-order valence-electron chi connectivity index (χ2n) is 10.2. The maximum Gasteiger partial charge on any atom is 0.252 e. The second-order valence-corrected chi connectivity index (χ2v) is 10.7. The number of anilines is 2. The highest BCUT2D eigenvalue weighted by Gasteiger charge is 2.48. The molecule has 9 nitrogen and oxygen atoms in total. The van der Waals surface area contributed by atoms with Crippen LogP contribution in [0.1, 0.15) is 48.4 Å². The van der Waals surface area contributed by atoms with Crippen LogP contribution in [0.5, 0.6) is 0 Å². The Morgan fingerprint density at radius 2 is 1.81 bits per heavy atom. The van der Waals surface area contributed by atoms with Gasteiger partial charge in [0.1, 0.15) is 23.7 Å². The largest absolute Gasteiger partial charge is 0.351 e. The number of carbonyl (C=O) groups is 3. The highest BCUT2D eigenvalue weighted by atomic mass is 35.5. The molecule has 2 fully saturated rings. The zero-order valence-corrected chi connectivity index (χ0v) is 23.1. The molecule has 13 heteroatoms. The molecular formula is C30H22ClF3N6O3. The fourth-order valence-electron chi connectivity index (χ4n) is 5.30. The molecule has 1 N–H and O–H groups in total. The van der Waals surface area contributed by atoms with E-state index in [9.17, 15) is 38.1 Å². The van der Waals surface area contributed by atoms with Gasteiger partial charge in [0, 0.05) is 47.8 Å². The van der Waals surface area contributed by atoms with Crippen LogP contribution in [0.2, 0.25) is 5.02 Å². The lowest BCUT2D eigenvalue weighted by Crippen LogP contribution is -2.56. The summed E-state index contributed by atoms with van der Waals surface area (Å²) >= 11 is 6.49. The summed E-state index contributed by atoms with van der Waals surface area (Å²) in [6, 6.07) is 11.9. The third kappa shape index (κ3) is 6.01. The number of nitriles is 2. The Balaban J connectivity index is 1.65. The van der Waals surface area contributed by atoms with Crippen molar-refractivity contribution in [3.05, 3.63) is 88.3 Å². The lowest BCUT2D eigenvalue weighted by molar-refractivity contribution is -0.133. The Morgan fingerprint density at radius 3 is 2.49 bits per heavy atom. The van der Waals surface area contributed by atoms with Crippen molar-refractivity contribution >= 4 is 40.8 Å². The quantitative estimate of drug-likeness (QED) is 0.411. The molecule has 0 radical (unpaired) electrons. The lowest BCUT2D eigenvalue weighted by Gasteiger charge is -2.39. The number of nitrogens with one attached hydrogen (secondary N) is 1. The third-order valence-electron chi connectivity index (χ3n) is 7.29. The Kier molecular flexibility index (Phi) is 8.07. The highest BCUT2D eigenvalue weighted by Crippen LogP contribution is 2.40. The number of hydrogen-bond acceptors (Lipinski definition) is 6. The van der Waals surface area contributed by atoms with Gasteiger partial charge in [-0.1, -0.05) is 29.8 Å². The molecule has 0 bridgehead atoms. The van der Waals surface area contributed by atoms with E-state index in [1.807, 2.05) is 12.1 Å². The summed E-state index contributed by atoms with van der Waals surface area (Å²) in [7, 11) is 0. The van der Waals surface area contributed by atoms with Gasteiger partial charge in [0.2, 0.25) is 11.8 Å². The van der Waals surface area contributed by atoms with E-state index in [1.165, 1.54) is 36.5 Å². The number of hydrogen-bond donors (Lipinski definition) is 1. The van der Waals surface area contributed by atoms with Gasteiger partial charge in [0.25, 0.3) is 11.8 Å². The minimum Gasteiger partial charge on any atom is -0.351 e. The van der Waals surface area contributed by atoms with Gasteiger partial charge in [-0.15, -0.1) is 0 Å². The third-order valence-corrected chi connectivity index (χ3v) is 7.63. The monoisotopic (exact) mass is 606 g/mol. The highest BCUT2D eigenvalue weighted by molar-refractivity contribution is 6.31. The van der Waals surface area contributed by atoms with Crippen molar-refractivity contribution < 1.29 is 27.6 Å². The standard InChI is InChI=1S/C30H22ClF3N6O3/c31-23-4-2-1-3-22(23)27(28(42)38-20-13-30(33,34)14-20)39(21-10-18(16-36)9-19(32)12-21)29(43)24-5-6-26(41)40(24)25-11-17(15-35)7-8-37-25/h1-4,7-12,20,24,27H,5-6,13-14H2,(H,38,42)/t24-,27-/m0/s1. The number of halogens is 4. The van der Waals surface area contributed by atoms with E-state index in [0.717, 1.165) is 21.9 Å². The number of alkyl halides is 2. The second kappa shape index (κ2) is 11.7. The summed E-state index contributed by atoms with van der Waals surface area (Å²) in [6.45, 7) is 0. The zero-order chi connectivity index (χ0) is 30.9. The number of amides is 3. The normalized spacial score (nSPS) is 18.2. The van der Waals surface area contributed by atoms with Gasteiger partial charge >= 0.3 is 0 Å². The molecule has 3 amide bonds. The van der Waals surface area contributed by atoms with Crippen LogP contribution in [0, 0.1) is 28.5 Å². The molecule has 2 heterocycles. The minimum absolute atomic E-state index is 0.0151. The first kappa shape index (κ1) is 29.5. The van der Waals surface area contributed by atoms with Crippen LogP contribution in [0.4, 0.5) is 24.7 Å². The number of benzene rings is 2. The van der Waals surface area contributed by atoms with Gasteiger partial charge in [0.15, 0.2) is 0 Å². The van der Waals surface area contributed by atoms with E-state index < -0.39 is 60.4 Å². The Hall–Kier alpha value is -4.94. The predicted octanol–water partition coefficient (Wildman–Crippen LogP) is 4.80. The molecule has 218 valence electrons. The van der Waals surface area contributed by atoms with E-state index in [-0.39, 0.29) is 46.1 Å². The summed E-state index contributed by atoms with van der Waals surface area (Å²) < 4.78 is 42.1. The minimum atomic E-state index is -2.95. The van der Waals surface area contributed by atoms with Gasteiger partial charge in [-0.05, 0) is 42.8 Å². The smallest absolute Gasteiger partial charge is 0.252 e. The molecule has 43 heavy (non-hydrogen) atoms. The van der Waals surface area contributed by atoms with Crippen molar-refractivity contribution in [3.8, 4) is 12.1 Å². The molecule has 1 aromatic heterocycles. The molecule has 2 aromatic carbocycles. The van der Waals surface area contributed by atoms with Crippen molar-refractivity contribution in [2.45, 2.75) is 49.7 Å². The lowest BCUT2D eigenvalue weighted by atomic mass is 9.87.